The Labute approximate surface area is 148 Å². The van der Waals surface area contributed by atoms with E-state index >= 15 is 0 Å². The molecule has 0 bridgehead atoms. The minimum absolute atomic E-state index is 0.100. The first-order valence-electron chi connectivity index (χ1n) is 7.97. The predicted octanol–water partition coefficient (Wildman–Crippen LogP) is 4.31. The molecule has 0 aromatic heterocycles. The quantitative estimate of drug-likeness (QED) is 0.465. The summed E-state index contributed by atoms with van der Waals surface area (Å²) in [7, 11) is 3.95. The molecule has 0 aliphatic heterocycles. The minimum Gasteiger partial charge on any atom is -0.507 e. The first-order valence-corrected chi connectivity index (χ1v) is 7.97. The fourth-order valence-corrected chi connectivity index (χ4v) is 2.16. The number of carbonyl (C=O) groups is 1. The van der Waals surface area contributed by atoms with Gasteiger partial charge in [-0.2, -0.15) is 0 Å². The molecule has 0 aliphatic carbocycles. The number of anilines is 1. The van der Waals surface area contributed by atoms with Gasteiger partial charge in [-0.3, -0.25) is 4.79 Å². The lowest BCUT2D eigenvalue weighted by atomic mass is 10.1. The number of aromatic hydroxyl groups is 1. The number of hydrogen-bond acceptors (Lipinski definition) is 4. The van der Waals surface area contributed by atoms with Gasteiger partial charge in [0.2, 0.25) is 0 Å². The van der Waals surface area contributed by atoms with Crippen LogP contribution in [0, 0.1) is 0 Å². The highest BCUT2D eigenvalue weighted by molar-refractivity contribution is 6.08. The van der Waals surface area contributed by atoms with Crippen LogP contribution in [0.15, 0.2) is 60.7 Å². The molecule has 1 N–H and O–H groups in total. The van der Waals surface area contributed by atoms with Crippen molar-refractivity contribution in [1.29, 1.82) is 0 Å². The van der Waals surface area contributed by atoms with Crippen molar-refractivity contribution < 1.29 is 14.6 Å². The summed E-state index contributed by atoms with van der Waals surface area (Å²) in [5.74, 6) is 0.137. The Kier molecular flexibility index (Phi) is 6.01. The van der Waals surface area contributed by atoms with Crippen molar-refractivity contribution in [2.75, 3.05) is 25.6 Å². The van der Waals surface area contributed by atoms with Gasteiger partial charge in [0.05, 0.1) is 5.56 Å². The fourth-order valence-electron chi connectivity index (χ4n) is 2.16. The molecule has 0 saturated heterocycles. The third-order valence-electron chi connectivity index (χ3n) is 3.56. The van der Waals surface area contributed by atoms with E-state index in [2.05, 4.69) is 6.58 Å². The summed E-state index contributed by atoms with van der Waals surface area (Å²) in [5.41, 5.74) is 3.12. The highest BCUT2D eigenvalue weighted by Gasteiger charge is 2.09. The van der Waals surface area contributed by atoms with E-state index in [9.17, 15) is 9.90 Å². The molecule has 25 heavy (non-hydrogen) atoms. The molecule has 2 rings (SSSR count). The summed E-state index contributed by atoms with van der Waals surface area (Å²) in [4.78, 5) is 14.3. The first kappa shape index (κ1) is 18.3. The molecule has 0 spiro atoms. The Balaban J connectivity index is 2.08. The molecular formula is C21H23NO3. The molecule has 4 heteroatoms. The van der Waals surface area contributed by atoms with Crippen LogP contribution >= 0.6 is 0 Å². The van der Waals surface area contributed by atoms with Gasteiger partial charge in [0, 0.05) is 25.8 Å². The standard InChI is InChI=1S/C21H23NO3/c1-15(2)14-25-18-10-11-19(21(24)13-18)20(23)12-7-16-5-8-17(9-6-16)22(3)4/h5-13,24H,1,14H2,2-4H3/b12-7+. The molecule has 0 amide bonds. The molecule has 0 fully saturated rings. The second-order valence-corrected chi connectivity index (χ2v) is 6.11. The van der Waals surface area contributed by atoms with Crippen molar-refractivity contribution in [3.63, 3.8) is 0 Å². The average molecular weight is 337 g/mol. The van der Waals surface area contributed by atoms with Gasteiger partial charge < -0.3 is 14.7 Å². The van der Waals surface area contributed by atoms with Crippen molar-refractivity contribution in [1.82, 2.24) is 0 Å². The zero-order chi connectivity index (χ0) is 18.4. The molecule has 2 aromatic carbocycles. The van der Waals surface area contributed by atoms with Crippen molar-refractivity contribution in [3.05, 3.63) is 71.8 Å². The van der Waals surface area contributed by atoms with Crippen LogP contribution in [0.25, 0.3) is 6.08 Å². The zero-order valence-corrected chi connectivity index (χ0v) is 14.8. The number of allylic oxidation sites excluding steroid dienone is 1. The van der Waals surface area contributed by atoms with Crippen molar-refractivity contribution in [2.45, 2.75) is 6.92 Å². The fraction of sp³-hybridized carbons (Fsp3) is 0.190. The Morgan fingerprint density at radius 2 is 1.88 bits per heavy atom. The van der Waals surface area contributed by atoms with Gasteiger partial charge in [-0.15, -0.1) is 0 Å². The molecule has 0 radical (unpaired) electrons. The molecule has 4 nitrogen and oxygen atoms in total. The molecule has 0 saturated carbocycles. The van der Waals surface area contributed by atoms with Gasteiger partial charge in [0.25, 0.3) is 0 Å². The number of ether oxygens (including phenoxy) is 1. The van der Waals surface area contributed by atoms with Crippen LogP contribution < -0.4 is 9.64 Å². The van der Waals surface area contributed by atoms with Gasteiger partial charge >= 0.3 is 0 Å². The van der Waals surface area contributed by atoms with Crippen LogP contribution in [-0.2, 0) is 0 Å². The third-order valence-corrected chi connectivity index (χ3v) is 3.56. The lowest BCUT2D eigenvalue weighted by Crippen LogP contribution is -2.07. The van der Waals surface area contributed by atoms with Crippen LogP contribution in [0.4, 0.5) is 5.69 Å². The van der Waals surface area contributed by atoms with E-state index < -0.39 is 0 Å². The highest BCUT2D eigenvalue weighted by Crippen LogP contribution is 2.25. The zero-order valence-electron chi connectivity index (χ0n) is 14.8. The van der Waals surface area contributed by atoms with Crippen molar-refractivity contribution in [3.8, 4) is 11.5 Å². The number of carbonyl (C=O) groups excluding carboxylic acids is 1. The predicted molar refractivity (Wildman–Crippen MR) is 103 cm³/mol. The minimum atomic E-state index is -0.263. The molecule has 0 heterocycles. The van der Waals surface area contributed by atoms with Gasteiger partial charge in [-0.25, -0.2) is 0 Å². The van der Waals surface area contributed by atoms with E-state index in [0.29, 0.717) is 12.4 Å². The van der Waals surface area contributed by atoms with E-state index in [1.165, 1.54) is 12.1 Å². The summed E-state index contributed by atoms with van der Waals surface area (Å²) >= 11 is 0. The highest BCUT2D eigenvalue weighted by atomic mass is 16.5. The van der Waals surface area contributed by atoms with Gasteiger partial charge in [0.15, 0.2) is 5.78 Å². The van der Waals surface area contributed by atoms with Crippen LogP contribution in [0.1, 0.15) is 22.8 Å². The van der Waals surface area contributed by atoms with E-state index in [0.717, 1.165) is 16.8 Å². The lowest BCUT2D eigenvalue weighted by molar-refractivity contribution is 0.104. The molecule has 0 atom stereocenters. The van der Waals surface area contributed by atoms with E-state index in [-0.39, 0.29) is 17.1 Å². The number of nitrogens with zero attached hydrogens (tertiary/aromatic N) is 1. The SMILES string of the molecule is C=C(C)COc1ccc(C(=O)/C=C/c2ccc(N(C)C)cc2)c(O)c1. The monoisotopic (exact) mass is 337 g/mol. The number of phenolic OH excluding ortho intramolecular Hbond substituents is 1. The van der Waals surface area contributed by atoms with Gasteiger partial charge in [-0.1, -0.05) is 24.8 Å². The number of phenols is 1. The summed E-state index contributed by atoms with van der Waals surface area (Å²) < 4.78 is 5.45. The third kappa shape index (κ3) is 5.24. The maximum absolute atomic E-state index is 12.3. The maximum atomic E-state index is 12.3. The summed E-state index contributed by atoms with van der Waals surface area (Å²) in [6.07, 6.45) is 3.18. The Hall–Kier alpha value is -3.01. The largest absolute Gasteiger partial charge is 0.507 e. The molecular weight excluding hydrogens is 314 g/mol. The molecule has 2 aromatic rings. The molecule has 0 aliphatic rings. The molecule has 130 valence electrons. The van der Waals surface area contributed by atoms with Crippen LogP contribution in [0.5, 0.6) is 11.5 Å². The topological polar surface area (TPSA) is 49.8 Å². The lowest BCUT2D eigenvalue weighted by Gasteiger charge is -2.11. The number of hydrogen-bond donors (Lipinski definition) is 1. The van der Waals surface area contributed by atoms with Crippen molar-refractivity contribution in [2.24, 2.45) is 0 Å². The normalized spacial score (nSPS) is 10.7. The summed E-state index contributed by atoms with van der Waals surface area (Å²) in [5, 5.41) is 10.1. The maximum Gasteiger partial charge on any atom is 0.189 e. The van der Waals surface area contributed by atoms with Crippen molar-refractivity contribution >= 4 is 17.5 Å². The number of ketones is 1. The second kappa shape index (κ2) is 8.20. The smallest absolute Gasteiger partial charge is 0.189 e. The summed E-state index contributed by atoms with van der Waals surface area (Å²) in [6.45, 7) is 5.98. The van der Waals surface area contributed by atoms with E-state index in [1.807, 2.05) is 50.2 Å². The van der Waals surface area contributed by atoms with Gasteiger partial charge in [0.1, 0.15) is 18.1 Å². The van der Waals surface area contributed by atoms with Crippen LogP contribution in [0.2, 0.25) is 0 Å². The number of benzene rings is 2. The van der Waals surface area contributed by atoms with Crippen LogP contribution in [0.3, 0.4) is 0 Å². The second-order valence-electron chi connectivity index (χ2n) is 6.11. The van der Waals surface area contributed by atoms with E-state index in [4.69, 9.17) is 4.74 Å². The van der Waals surface area contributed by atoms with Gasteiger partial charge in [-0.05, 0) is 48.4 Å². The van der Waals surface area contributed by atoms with E-state index in [1.54, 1.807) is 18.2 Å². The van der Waals surface area contributed by atoms with Crippen LogP contribution in [-0.4, -0.2) is 31.6 Å². The first-order chi connectivity index (χ1) is 11.9. The summed E-state index contributed by atoms with van der Waals surface area (Å²) in [6, 6.07) is 12.5. The Morgan fingerprint density at radius 3 is 2.44 bits per heavy atom. The molecule has 0 unspecified atom stereocenters. The number of rotatable bonds is 7. The Bertz CT molecular complexity index is 789. The Morgan fingerprint density at radius 1 is 1.20 bits per heavy atom. The average Bonchev–Trinajstić information content (AvgIpc) is 2.58.